The van der Waals surface area contributed by atoms with E-state index < -0.39 is 0 Å². The number of nitrogens with zero attached hydrogens (tertiary/aromatic N) is 2. The van der Waals surface area contributed by atoms with Crippen LogP contribution in [-0.4, -0.2) is 0 Å². The number of hydrogen-bond acceptors (Lipinski definition) is 4. The molecule has 5 aromatic rings. The first kappa shape index (κ1) is 30.7. The van der Waals surface area contributed by atoms with Crippen LogP contribution in [0.1, 0.15) is 61.1 Å². The van der Waals surface area contributed by atoms with Crippen molar-refractivity contribution in [2.45, 2.75) is 38.5 Å². The molecular formula is C38H30Cl2N2O2. The molecule has 0 saturated heterocycles. The van der Waals surface area contributed by atoms with Crippen LogP contribution in [0.3, 0.4) is 0 Å². The van der Waals surface area contributed by atoms with Gasteiger partial charge in [0.15, 0.2) is 0 Å². The summed E-state index contributed by atoms with van der Waals surface area (Å²) in [6.07, 6.45) is 0. The molecule has 5 aromatic carbocycles. The van der Waals surface area contributed by atoms with Crippen molar-refractivity contribution in [3.8, 4) is 35.1 Å². The minimum absolute atomic E-state index is 0.286. The lowest BCUT2D eigenvalue weighted by molar-refractivity contribution is 0.480. The quantitative estimate of drug-likeness (QED) is 0.174. The zero-order chi connectivity index (χ0) is 31.5. The fourth-order valence-corrected chi connectivity index (χ4v) is 5.58. The third-order valence-corrected chi connectivity index (χ3v) is 8.72. The first-order valence-electron chi connectivity index (χ1n) is 14.1. The van der Waals surface area contributed by atoms with Crippen LogP contribution in [0.5, 0.6) is 23.0 Å². The van der Waals surface area contributed by atoms with E-state index in [0.29, 0.717) is 44.2 Å². The Hall–Kier alpha value is -4.74. The highest BCUT2D eigenvalue weighted by Gasteiger charge is 2.28. The molecule has 0 fully saturated rings. The monoisotopic (exact) mass is 616 g/mol. The molecule has 0 radical (unpaired) electrons. The predicted octanol–water partition coefficient (Wildman–Crippen LogP) is 11.0. The Kier molecular flexibility index (Phi) is 8.70. The molecule has 0 atom stereocenters. The molecule has 0 aliphatic carbocycles. The second-order valence-corrected chi connectivity index (χ2v) is 12.3. The van der Waals surface area contributed by atoms with Gasteiger partial charge in [-0.15, -0.1) is 0 Å². The molecule has 0 bridgehead atoms. The second-order valence-electron chi connectivity index (χ2n) is 11.5. The van der Waals surface area contributed by atoms with Crippen LogP contribution in [0, 0.1) is 22.7 Å². The maximum absolute atomic E-state index is 9.47. The van der Waals surface area contributed by atoms with Gasteiger partial charge in [0, 0.05) is 10.8 Å². The number of rotatable bonds is 8. The Balaban J connectivity index is 1.36. The van der Waals surface area contributed by atoms with Crippen LogP contribution >= 0.6 is 23.2 Å². The standard InChI is InChI=1S/C38H30Cl2N2O2/c1-37(2,25-14-18-29(19-15-25)43-35-12-6-10-33(39)31(35)23-41)27-8-5-9-28(22-27)38(3,4)26-16-20-30(21-17-26)44-36-13-7-11-34(40)32(36)24-42/h5-22H,1-4H3. The molecule has 218 valence electrons. The molecule has 4 nitrogen and oxygen atoms in total. The highest BCUT2D eigenvalue weighted by molar-refractivity contribution is 6.32. The summed E-state index contributed by atoms with van der Waals surface area (Å²) in [6, 6.07) is 39.1. The van der Waals surface area contributed by atoms with Crippen LogP contribution in [0.15, 0.2) is 109 Å². The minimum Gasteiger partial charge on any atom is -0.456 e. The molecule has 44 heavy (non-hydrogen) atoms. The Morgan fingerprint density at radius 3 is 1.23 bits per heavy atom. The van der Waals surface area contributed by atoms with E-state index in [9.17, 15) is 10.5 Å². The normalized spacial score (nSPS) is 11.4. The number of nitriles is 2. The Labute approximate surface area is 268 Å². The molecule has 0 aromatic heterocycles. The van der Waals surface area contributed by atoms with Crippen LogP contribution in [0.25, 0.3) is 0 Å². The fraction of sp³-hybridized carbons (Fsp3) is 0.158. The number of ether oxygens (including phenoxy) is 2. The molecule has 0 N–H and O–H groups in total. The van der Waals surface area contributed by atoms with E-state index in [-0.39, 0.29) is 10.8 Å². The van der Waals surface area contributed by atoms with Gasteiger partial charge in [-0.25, -0.2) is 0 Å². The zero-order valence-corrected chi connectivity index (χ0v) is 26.4. The summed E-state index contributed by atoms with van der Waals surface area (Å²) in [5.41, 5.74) is 4.68. The molecule has 0 spiro atoms. The molecule has 5 rings (SSSR count). The molecule has 0 unspecified atom stereocenters. The van der Waals surface area contributed by atoms with Gasteiger partial charge in [-0.2, -0.15) is 10.5 Å². The van der Waals surface area contributed by atoms with Gasteiger partial charge < -0.3 is 9.47 Å². The minimum atomic E-state index is -0.286. The fourth-order valence-electron chi connectivity index (χ4n) is 5.16. The number of benzene rings is 5. The van der Waals surface area contributed by atoms with Crippen molar-refractivity contribution >= 4 is 23.2 Å². The topological polar surface area (TPSA) is 66.0 Å². The zero-order valence-electron chi connectivity index (χ0n) is 24.9. The van der Waals surface area contributed by atoms with Crippen LogP contribution in [-0.2, 0) is 10.8 Å². The Morgan fingerprint density at radius 1 is 0.500 bits per heavy atom. The molecule has 0 amide bonds. The van der Waals surface area contributed by atoms with E-state index in [1.807, 2.05) is 24.3 Å². The van der Waals surface area contributed by atoms with Gasteiger partial charge in [0.05, 0.1) is 10.0 Å². The van der Waals surface area contributed by atoms with Gasteiger partial charge in [-0.1, -0.05) is 112 Å². The number of halogens is 2. The van der Waals surface area contributed by atoms with Gasteiger partial charge in [0.2, 0.25) is 0 Å². The lowest BCUT2D eigenvalue weighted by Gasteiger charge is -2.31. The average Bonchev–Trinajstić information content (AvgIpc) is 3.02. The van der Waals surface area contributed by atoms with Gasteiger partial charge in [0.1, 0.15) is 46.3 Å². The Morgan fingerprint density at radius 2 is 0.864 bits per heavy atom. The largest absolute Gasteiger partial charge is 0.456 e. The average molecular weight is 618 g/mol. The van der Waals surface area contributed by atoms with Gasteiger partial charge >= 0.3 is 0 Å². The van der Waals surface area contributed by atoms with Crippen molar-refractivity contribution in [1.82, 2.24) is 0 Å². The first-order chi connectivity index (χ1) is 21.0. The Bertz CT molecular complexity index is 1760. The van der Waals surface area contributed by atoms with Gasteiger partial charge in [0.25, 0.3) is 0 Å². The van der Waals surface area contributed by atoms with Crippen molar-refractivity contribution in [2.75, 3.05) is 0 Å². The van der Waals surface area contributed by atoms with Crippen LogP contribution in [0.4, 0.5) is 0 Å². The van der Waals surface area contributed by atoms with Crippen LogP contribution < -0.4 is 9.47 Å². The summed E-state index contributed by atoms with van der Waals surface area (Å²) in [4.78, 5) is 0. The van der Waals surface area contributed by atoms with Crippen molar-refractivity contribution in [3.05, 3.63) is 153 Å². The molecule has 6 heteroatoms. The molecule has 0 saturated carbocycles. The number of hydrogen-bond donors (Lipinski definition) is 0. The van der Waals surface area contributed by atoms with Crippen molar-refractivity contribution < 1.29 is 9.47 Å². The molecule has 0 heterocycles. The third kappa shape index (κ3) is 6.15. The summed E-state index contributed by atoms with van der Waals surface area (Å²) in [7, 11) is 0. The SMILES string of the molecule is CC(C)(c1ccc(Oc2cccc(Cl)c2C#N)cc1)c1cccc(C(C)(C)c2ccc(Oc3cccc(Cl)c3C#N)cc2)c1. The maximum Gasteiger partial charge on any atom is 0.146 e. The smallest absolute Gasteiger partial charge is 0.146 e. The summed E-state index contributed by atoms with van der Waals surface area (Å²) in [6.45, 7) is 8.82. The van der Waals surface area contributed by atoms with Crippen molar-refractivity contribution in [3.63, 3.8) is 0 Å². The summed E-state index contributed by atoms with van der Waals surface area (Å²) in [5, 5.41) is 19.7. The van der Waals surface area contributed by atoms with Gasteiger partial charge in [-0.05, 0) is 70.8 Å². The highest BCUT2D eigenvalue weighted by atomic mass is 35.5. The second kappa shape index (κ2) is 12.5. The lowest BCUT2D eigenvalue weighted by Crippen LogP contribution is -2.22. The van der Waals surface area contributed by atoms with Crippen molar-refractivity contribution in [2.24, 2.45) is 0 Å². The molecular weight excluding hydrogens is 587 g/mol. The highest BCUT2D eigenvalue weighted by Crippen LogP contribution is 2.39. The van der Waals surface area contributed by atoms with Gasteiger partial charge in [-0.3, -0.25) is 0 Å². The van der Waals surface area contributed by atoms with E-state index >= 15 is 0 Å². The molecule has 0 aliphatic rings. The predicted molar refractivity (Wildman–Crippen MR) is 176 cm³/mol. The maximum atomic E-state index is 9.47. The van der Waals surface area contributed by atoms with Crippen molar-refractivity contribution in [1.29, 1.82) is 10.5 Å². The summed E-state index contributed by atoms with van der Waals surface area (Å²) in [5.74, 6) is 2.12. The summed E-state index contributed by atoms with van der Waals surface area (Å²) >= 11 is 12.3. The van der Waals surface area contributed by atoms with E-state index in [0.717, 1.165) is 11.1 Å². The van der Waals surface area contributed by atoms with E-state index in [4.69, 9.17) is 32.7 Å². The van der Waals surface area contributed by atoms with E-state index in [1.165, 1.54) is 11.1 Å². The van der Waals surface area contributed by atoms with Crippen LogP contribution in [0.2, 0.25) is 10.0 Å². The third-order valence-electron chi connectivity index (χ3n) is 8.09. The molecule has 0 aliphatic heterocycles. The lowest BCUT2D eigenvalue weighted by atomic mass is 9.73. The van der Waals surface area contributed by atoms with E-state index in [1.54, 1.807) is 36.4 Å². The summed E-state index contributed by atoms with van der Waals surface area (Å²) < 4.78 is 12.0. The first-order valence-corrected chi connectivity index (χ1v) is 14.8. The van der Waals surface area contributed by atoms with E-state index in [2.05, 4.69) is 88.4 Å².